The van der Waals surface area contributed by atoms with Crippen molar-refractivity contribution in [3.63, 3.8) is 0 Å². The van der Waals surface area contributed by atoms with Crippen molar-refractivity contribution in [3.05, 3.63) is 184 Å². The molecule has 6 atom stereocenters. The highest BCUT2D eigenvalue weighted by Gasteiger charge is 2.75. The molecular weight excluding hydrogens is 861 g/mol. The van der Waals surface area contributed by atoms with Gasteiger partial charge in [0.1, 0.15) is 36.5 Å². The molecule has 3 aliphatic rings. The number of amides is 5. The molecule has 0 unspecified atom stereocenters. The highest BCUT2D eigenvalue weighted by Crippen LogP contribution is 2.66. The van der Waals surface area contributed by atoms with E-state index in [1.165, 1.54) is 36.4 Å². The van der Waals surface area contributed by atoms with Crippen molar-refractivity contribution in [1.82, 2.24) is 15.5 Å². The number of fused-ring (bicyclic) bond motifs is 3. The van der Waals surface area contributed by atoms with Gasteiger partial charge in [-0.05, 0) is 70.3 Å². The van der Waals surface area contributed by atoms with Crippen LogP contribution in [0.4, 0.5) is 21.0 Å². The summed E-state index contributed by atoms with van der Waals surface area (Å²) in [6, 6.07) is 30.7. The lowest BCUT2D eigenvalue weighted by atomic mass is 9.65. The molecule has 2 saturated heterocycles. The lowest BCUT2D eigenvalue weighted by Gasteiger charge is -2.46. The van der Waals surface area contributed by atoms with Gasteiger partial charge in [0.05, 0.1) is 41.8 Å². The van der Waals surface area contributed by atoms with Crippen molar-refractivity contribution in [2.24, 2.45) is 11.7 Å². The second kappa shape index (κ2) is 19.4. The molecule has 1 spiro atoms. The number of non-ortho nitro benzene ring substituents is 1. The quantitative estimate of drug-likeness (QED) is 0.0388. The molecule has 340 valence electrons. The minimum atomic E-state index is -2.13. The molecule has 5 aromatic carbocycles. The largest absolute Gasteiger partial charge is 0.491 e. The number of cyclic esters (lactones) is 1. The fourth-order valence-electron chi connectivity index (χ4n) is 9.36. The third-order valence-electron chi connectivity index (χ3n) is 12.0. The number of rotatable bonds is 13. The fourth-order valence-corrected chi connectivity index (χ4v) is 9.36. The molecule has 5 N–H and O–H groups in total. The minimum absolute atomic E-state index is 0.00524. The maximum Gasteiger partial charge on any atom is 0.421 e. The van der Waals surface area contributed by atoms with Crippen LogP contribution >= 0.6 is 0 Å². The first-order chi connectivity index (χ1) is 32.5. The van der Waals surface area contributed by atoms with Crippen molar-refractivity contribution < 1.29 is 48.2 Å². The number of primary amides is 1. The van der Waals surface area contributed by atoms with Gasteiger partial charge in [-0.3, -0.25) is 29.4 Å². The number of hydrogen-bond acceptors (Lipinski definition) is 12. The Labute approximate surface area is 384 Å². The van der Waals surface area contributed by atoms with Crippen LogP contribution in [0.5, 0.6) is 5.75 Å². The van der Waals surface area contributed by atoms with Crippen LogP contribution in [-0.4, -0.2) is 77.2 Å². The fraction of sp³-hybridized carbons (Fsp3) is 0.220. The summed E-state index contributed by atoms with van der Waals surface area (Å²) in [6.45, 7) is 2.94. The van der Waals surface area contributed by atoms with E-state index in [4.69, 9.17) is 19.9 Å². The average Bonchev–Trinajstić information content (AvgIpc) is 3.80. The SMILES string of the molecule is C=CCNC(=O)[C@H]1[C@@H]2C(=O)O[C@@H](c3ccccc3)[C@@H](c3ccccc3)N2[C@@H](c2ccc(OCCO)cc2)[C@]12C(=O)N(C(=O)OCc1ccc([N+](=O)[O-])cc1)c1ccc(C#CCNC(N)=O)cc12. The zero-order valence-electron chi connectivity index (χ0n) is 35.8. The van der Waals surface area contributed by atoms with Crippen LogP contribution in [-0.2, 0) is 35.9 Å². The van der Waals surface area contributed by atoms with Gasteiger partial charge in [0.25, 0.3) is 5.69 Å². The lowest BCUT2D eigenvalue weighted by Crippen LogP contribution is -2.55. The van der Waals surface area contributed by atoms with Crippen LogP contribution in [0.1, 0.15) is 51.6 Å². The Hall–Kier alpha value is -8.33. The third kappa shape index (κ3) is 8.54. The Morgan fingerprint density at radius 1 is 0.896 bits per heavy atom. The number of nitrogens with two attached hydrogens (primary N) is 1. The Balaban J connectivity index is 1.39. The first-order valence-electron chi connectivity index (χ1n) is 21.2. The maximum atomic E-state index is 16.3. The summed E-state index contributed by atoms with van der Waals surface area (Å²) in [4.78, 5) is 86.2. The first kappa shape index (κ1) is 45.2. The minimum Gasteiger partial charge on any atom is -0.491 e. The second-order valence-corrected chi connectivity index (χ2v) is 15.8. The van der Waals surface area contributed by atoms with E-state index in [0.717, 1.165) is 4.90 Å². The summed E-state index contributed by atoms with van der Waals surface area (Å²) in [5.74, 6) is 2.19. The molecule has 0 aromatic heterocycles. The Kier molecular flexibility index (Phi) is 13.1. The van der Waals surface area contributed by atoms with Crippen molar-refractivity contribution in [2.75, 3.05) is 31.2 Å². The highest BCUT2D eigenvalue weighted by atomic mass is 16.6. The average molecular weight is 905 g/mol. The number of nitrogens with one attached hydrogen (secondary N) is 2. The normalized spacial score (nSPS) is 21.5. The number of aliphatic hydroxyl groups excluding tert-OH is 1. The van der Waals surface area contributed by atoms with Crippen molar-refractivity contribution in [3.8, 4) is 17.6 Å². The number of benzene rings is 5. The van der Waals surface area contributed by atoms with Gasteiger partial charge in [0.15, 0.2) is 0 Å². The van der Waals surface area contributed by atoms with Gasteiger partial charge in [0, 0.05) is 24.2 Å². The molecule has 17 heteroatoms. The summed E-state index contributed by atoms with van der Waals surface area (Å²) in [5.41, 5.74) is 5.66. The van der Waals surface area contributed by atoms with Gasteiger partial charge < -0.3 is 35.7 Å². The molecule has 5 aromatic rings. The number of nitro benzene ring substituents is 1. The van der Waals surface area contributed by atoms with E-state index in [1.807, 2.05) is 65.6 Å². The number of anilines is 1. The van der Waals surface area contributed by atoms with Gasteiger partial charge >= 0.3 is 18.1 Å². The molecular formula is C50H44N6O11. The van der Waals surface area contributed by atoms with E-state index in [2.05, 4.69) is 29.1 Å². The number of nitro groups is 1. The summed E-state index contributed by atoms with van der Waals surface area (Å²) in [7, 11) is 0. The predicted molar refractivity (Wildman–Crippen MR) is 242 cm³/mol. The molecule has 3 heterocycles. The number of ether oxygens (including phenoxy) is 3. The molecule has 8 rings (SSSR count). The molecule has 0 aliphatic carbocycles. The zero-order chi connectivity index (χ0) is 47.2. The predicted octanol–water partition coefficient (Wildman–Crippen LogP) is 5.29. The number of esters is 1. The van der Waals surface area contributed by atoms with Crippen LogP contribution in [0.2, 0.25) is 0 Å². The summed E-state index contributed by atoms with van der Waals surface area (Å²) in [6.07, 6.45) is -0.642. The van der Waals surface area contributed by atoms with Crippen LogP contribution < -0.4 is 26.0 Å². The van der Waals surface area contributed by atoms with E-state index < -0.39 is 77.0 Å². The van der Waals surface area contributed by atoms with E-state index in [9.17, 15) is 24.8 Å². The molecule has 3 aliphatic heterocycles. The number of carbonyl (C=O) groups is 5. The van der Waals surface area contributed by atoms with Crippen LogP contribution in [0.15, 0.2) is 140 Å². The number of imide groups is 1. The van der Waals surface area contributed by atoms with E-state index in [-0.39, 0.29) is 43.2 Å². The van der Waals surface area contributed by atoms with Crippen LogP contribution in [0.3, 0.4) is 0 Å². The monoisotopic (exact) mass is 904 g/mol. The number of morpholine rings is 1. The summed E-state index contributed by atoms with van der Waals surface area (Å²) >= 11 is 0. The van der Waals surface area contributed by atoms with Gasteiger partial charge in [-0.1, -0.05) is 90.7 Å². The Morgan fingerprint density at radius 3 is 2.22 bits per heavy atom. The van der Waals surface area contributed by atoms with Gasteiger partial charge in [0.2, 0.25) is 11.8 Å². The van der Waals surface area contributed by atoms with E-state index in [1.54, 1.807) is 36.4 Å². The van der Waals surface area contributed by atoms with E-state index >= 15 is 14.4 Å². The Bertz CT molecular complexity index is 2780. The lowest BCUT2D eigenvalue weighted by molar-refractivity contribution is -0.384. The zero-order valence-corrected chi connectivity index (χ0v) is 35.8. The van der Waals surface area contributed by atoms with E-state index in [0.29, 0.717) is 33.6 Å². The topological polar surface area (TPSA) is 233 Å². The summed E-state index contributed by atoms with van der Waals surface area (Å²) < 4.78 is 18.0. The number of urea groups is 1. The smallest absolute Gasteiger partial charge is 0.421 e. The maximum absolute atomic E-state index is 16.3. The number of carbonyl (C=O) groups excluding carboxylic acids is 5. The second-order valence-electron chi connectivity index (χ2n) is 15.8. The van der Waals surface area contributed by atoms with Crippen molar-refractivity contribution in [1.29, 1.82) is 0 Å². The molecule has 0 radical (unpaired) electrons. The van der Waals surface area contributed by atoms with Gasteiger partial charge in [-0.2, -0.15) is 0 Å². The first-order valence-corrected chi connectivity index (χ1v) is 21.2. The van der Waals surface area contributed by atoms with Crippen LogP contribution in [0, 0.1) is 27.9 Å². The van der Waals surface area contributed by atoms with Crippen LogP contribution in [0.25, 0.3) is 0 Å². The number of nitrogens with zero attached hydrogens (tertiary/aromatic N) is 3. The molecule has 67 heavy (non-hydrogen) atoms. The van der Waals surface area contributed by atoms with Gasteiger partial charge in [-0.25, -0.2) is 14.5 Å². The van der Waals surface area contributed by atoms with Gasteiger partial charge in [-0.15, -0.1) is 6.58 Å². The van der Waals surface area contributed by atoms with Crippen molar-refractivity contribution >= 4 is 41.3 Å². The molecule has 5 amide bonds. The Morgan fingerprint density at radius 2 is 1.58 bits per heavy atom. The van der Waals surface area contributed by atoms with Crippen molar-refractivity contribution in [2.45, 2.75) is 36.3 Å². The number of aliphatic hydroxyl groups is 1. The molecule has 2 fully saturated rings. The molecule has 17 nitrogen and oxygen atoms in total. The standard InChI is InChI=1S/C50H44N6O11/c1-2-25-52-45(58)40-42-46(59)67-43(34-13-7-4-8-14-34)41(33-11-5-3-6-12-33)55(42)44(35-18-22-37(23-19-35)65-28-27-57)50(40)38-29-31(10-9-26-53-48(51)61)17-24-39(38)54(47(50)60)49(62)66-30-32-15-20-36(21-16-32)56(63)64/h2-8,11-24,29,40-44,57H,1,25-28,30H2,(H,52,58)(H3,51,53,61)/t40-,41-,42-,43+,44+,50-/m1/s1. The third-order valence-corrected chi connectivity index (χ3v) is 12.0. The molecule has 0 saturated carbocycles. The summed E-state index contributed by atoms with van der Waals surface area (Å²) in [5, 5.41) is 26.1. The number of hydrogen-bond donors (Lipinski definition) is 4. The highest BCUT2D eigenvalue weighted by molar-refractivity contribution is 6.23. The molecule has 0 bridgehead atoms.